The largest absolute Gasteiger partial charge is 0.497 e. The average Bonchev–Trinajstić information content (AvgIpc) is 3.43. The molecule has 2 aromatic carbocycles. The van der Waals surface area contributed by atoms with Crippen LogP contribution in [0.4, 0.5) is 11.4 Å². The van der Waals surface area contributed by atoms with Crippen LogP contribution in [0.25, 0.3) is 16.9 Å². The Labute approximate surface area is 185 Å². The zero-order valence-electron chi connectivity index (χ0n) is 17.6. The molecule has 1 N–H and O–H groups in total. The van der Waals surface area contributed by atoms with Crippen molar-refractivity contribution < 1.29 is 14.3 Å². The number of nitrogens with zero attached hydrogens (tertiary/aromatic N) is 3. The molecule has 7 nitrogen and oxygen atoms in total. The molecule has 3 heterocycles. The maximum absolute atomic E-state index is 12.9. The van der Waals surface area contributed by atoms with Crippen LogP contribution in [-0.2, 0) is 9.59 Å². The summed E-state index contributed by atoms with van der Waals surface area (Å²) < 4.78 is 7.20. The van der Waals surface area contributed by atoms with Gasteiger partial charge in [-0.15, -0.1) is 0 Å². The summed E-state index contributed by atoms with van der Waals surface area (Å²) in [6.07, 6.45) is 4.08. The topological polar surface area (TPSA) is 75.9 Å². The Bertz CT molecular complexity index is 1280. The number of rotatable bonds is 5. The van der Waals surface area contributed by atoms with E-state index in [0.29, 0.717) is 18.0 Å². The van der Waals surface area contributed by atoms with Gasteiger partial charge in [0.1, 0.15) is 11.4 Å². The number of anilines is 2. The summed E-state index contributed by atoms with van der Waals surface area (Å²) in [4.78, 5) is 31.8. The Morgan fingerprint density at radius 3 is 2.81 bits per heavy atom. The first-order chi connectivity index (χ1) is 15.6. The molecule has 2 amide bonds. The fraction of sp³-hybridized carbons (Fsp3) is 0.160. The molecule has 1 saturated heterocycles. The first-order valence-electron chi connectivity index (χ1n) is 10.4. The van der Waals surface area contributed by atoms with E-state index in [9.17, 15) is 9.59 Å². The predicted molar refractivity (Wildman–Crippen MR) is 123 cm³/mol. The van der Waals surface area contributed by atoms with Crippen molar-refractivity contribution in [3.8, 4) is 17.0 Å². The van der Waals surface area contributed by atoms with Crippen LogP contribution in [0.2, 0.25) is 0 Å². The molecule has 1 atom stereocenters. The first kappa shape index (κ1) is 19.8. The first-order valence-corrected chi connectivity index (χ1v) is 10.4. The van der Waals surface area contributed by atoms with Crippen molar-refractivity contribution in [2.75, 3.05) is 23.9 Å². The van der Waals surface area contributed by atoms with Gasteiger partial charge < -0.3 is 19.4 Å². The highest BCUT2D eigenvalue weighted by atomic mass is 16.5. The van der Waals surface area contributed by atoms with Crippen molar-refractivity contribution in [2.24, 2.45) is 5.92 Å². The number of methoxy groups -OCH3 is 1. The zero-order valence-corrected chi connectivity index (χ0v) is 17.6. The molecule has 32 heavy (non-hydrogen) atoms. The number of imidazole rings is 1. The lowest BCUT2D eigenvalue weighted by molar-refractivity contribution is -0.122. The molecule has 1 aliphatic rings. The molecule has 1 fully saturated rings. The third-order valence-corrected chi connectivity index (χ3v) is 5.65. The van der Waals surface area contributed by atoms with Gasteiger partial charge >= 0.3 is 0 Å². The van der Waals surface area contributed by atoms with Crippen molar-refractivity contribution in [3.63, 3.8) is 0 Å². The van der Waals surface area contributed by atoms with Crippen molar-refractivity contribution in [2.45, 2.75) is 6.42 Å². The van der Waals surface area contributed by atoms with E-state index in [4.69, 9.17) is 4.74 Å². The number of carbonyl (C=O) groups is 2. The standard InChI is InChI=1S/C25H22N4O3/c1-32-21-9-5-8-20(14-21)29-15-18(13-24(29)30)25(31)26-19-7-4-6-17(12-19)22-16-28-11-3-2-10-23(28)27-22/h2-12,14,16,18H,13,15H2,1H3,(H,26,31)/t18-/m0/s1. The van der Waals surface area contributed by atoms with Crippen LogP contribution in [0.15, 0.2) is 79.1 Å². The Morgan fingerprint density at radius 2 is 1.97 bits per heavy atom. The minimum absolute atomic E-state index is 0.0724. The average molecular weight is 426 g/mol. The number of amides is 2. The lowest BCUT2D eigenvalue weighted by Gasteiger charge is -2.17. The van der Waals surface area contributed by atoms with Crippen LogP contribution < -0.4 is 15.0 Å². The number of hydrogen-bond acceptors (Lipinski definition) is 4. The number of ether oxygens (including phenoxy) is 1. The summed E-state index contributed by atoms with van der Waals surface area (Å²) in [6.45, 7) is 0.337. The maximum Gasteiger partial charge on any atom is 0.229 e. The molecule has 7 heteroatoms. The quantitative estimate of drug-likeness (QED) is 0.523. The zero-order chi connectivity index (χ0) is 22.1. The normalized spacial score (nSPS) is 15.8. The predicted octanol–water partition coefficient (Wildman–Crippen LogP) is 4.00. The SMILES string of the molecule is COc1cccc(N2C[C@@H](C(=O)Nc3cccc(-c4cn5ccccc5n4)c3)CC2=O)c1. The fourth-order valence-corrected chi connectivity index (χ4v) is 3.99. The minimum Gasteiger partial charge on any atom is -0.497 e. The van der Waals surface area contributed by atoms with E-state index in [2.05, 4.69) is 10.3 Å². The molecule has 0 bridgehead atoms. The van der Waals surface area contributed by atoms with E-state index >= 15 is 0 Å². The highest BCUT2D eigenvalue weighted by Crippen LogP contribution is 2.29. The number of fused-ring (bicyclic) bond motifs is 1. The number of pyridine rings is 1. The van der Waals surface area contributed by atoms with Gasteiger partial charge in [0.15, 0.2) is 0 Å². The van der Waals surface area contributed by atoms with Crippen molar-refractivity contribution in [1.82, 2.24) is 9.38 Å². The fourth-order valence-electron chi connectivity index (χ4n) is 3.99. The van der Waals surface area contributed by atoms with Crippen LogP contribution in [0, 0.1) is 5.92 Å². The van der Waals surface area contributed by atoms with Crippen LogP contribution in [0.1, 0.15) is 6.42 Å². The van der Waals surface area contributed by atoms with Gasteiger partial charge in [-0.1, -0.05) is 24.3 Å². The van der Waals surface area contributed by atoms with E-state index < -0.39 is 5.92 Å². The number of carbonyl (C=O) groups excluding carboxylic acids is 2. The molecule has 5 rings (SSSR count). The van der Waals surface area contributed by atoms with Gasteiger partial charge in [0.2, 0.25) is 11.8 Å². The maximum atomic E-state index is 12.9. The molecule has 0 unspecified atom stereocenters. The van der Waals surface area contributed by atoms with E-state index in [-0.39, 0.29) is 18.2 Å². The molecule has 160 valence electrons. The number of aromatic nitrogens is 2. The van der Waals surface area contributed by atoms with Gasteiger partial charge in [0.05, 0.1) is 18.7 Å². The minimum atomic E-state index is -0.424. The van der Waals surface area contributed by atoms with Crippen LogP contribution in [0.5, 0.6) is 5.75 Å². The van der Waals surface area contributed by atoms with Crippen molar-refractivity contribution >= 4 is 28.8 Å². The van der Waals surface area contributed by atoms with Gasteiger partial charge in [-0.05, 0) is 36.4 Å². The third-order valence-electron chi connectivity index (χ3n) is 5.65. The van der Waals surface area contributed by atoms with Gasteiger partial charge in [0, 0.05) is 48.4 Å². The molecule has 0 radical (unpaired) electrons. The summed E-state index contributed by atoms with van der Waals surface area (Å²) in [5, 5.41) is 2.97. The van der Waals surface area contributed by atoms with E-state index in [1.54, 1.807) is 18.1 Å². The van der Waals surface area contributed by atoms with E-state index in [1.165, 1.54) is 0 Å². The molecule has 1 aliphatic heterocycles. The Kier molecular flexibility index (Phi) is 5.07. The Balaban J connectivity index is 1.31. The van der Waals surface area contributed by atoms with Crippen molar-refractivity contribution in [3.05, 3.63) is 79.1 Å². The second kappa shape index (κ2) is 8.19. The van der Waals surface area contributed by atoms with Crippen LogP contribution in [0.3, 0.4) is 0 Å². The monoisotopic (exact) mass is 426 g/mol. The summed E-state index contributed by atoms with van der Waals surface area (Å²) in [5.74, 6) is 0.00673. The second-order valence-electron chi connectivity index (χ2n) is 7.77. The van der Waals surface area contributed by atoms with Crippen molar-refractivity contribution in [1.29, 1.82) is 0 Å². The van der Waals surface area contributed by atoms with Gasteiger partial charge in [0.25, 0.3) is 0 Å². The summed E-state index contributed by atoms with van der Waals surface area (Å²) in [5.41, 5.74) is 4.01. The Morgan fingerprint density at radius 1 is 1.09 bits per heavy atom. The van der Waals surface area contributed by atoms with Crippen LogP contribution in [-0.4, -0.2) is 34.9 Å². The lowest BCUT2D eigenvalue weighted by Crippen LogP contribution is -2.28. The lowest BCUT2D eigenvalue weighted by atomic mass is 10.1. The molecule has 0 saturated carbocycles. The smallest absolute Gasteiger partial charge is 0.229 e. The highest BCUT2D eigenvalue weighted by Gasteiger charge is 2.35. The number of benzene rings is 2. The Hall–Kier alpha value is -4.13. The summed E-state index contributed by atoms with van der Waals surface area (Å²) >= 11 is 0. The van der Waals surface area contributed by atoms with Crippen LogP contribution >= 0.6 is 0 Å². The second-order valence-corrected chi connectivity index (χ2v) is 7.77. The molecular formula is C25H22N4O3. The summed E-state index contributed by atoms with van der Waals surface area (Å²) in [6, 6.07) is 20.7. The molecule has 0 aliphatic carbocycles. The molecule has 0 spiro atoms. The molecule has 2 aromatic heterocycles. The highest BCUT2D eigenvalue weighted by molar-refractivity contribution is 6.03. The number of nitrogens with one attached hydrogen (secondary N) is 1. The number of hydrogen-bond donors (Lipinski definition) is 1. The molecular weight excluding hydrogens is 404 g/mol. The summed E-state index contributed by atoms with van der Waals surface area (Å²) in [7, 11) is 1.58. The van der Waals surface area contributed by atoms with Gasteiger partial charge in [-0.2, -0.15) is 0 Å². The third kappa shape index (κ3) is 3.80. The van der Waals surface area contributed by atoms with Gasteiger partial charge in [-0.3, -0.25) is 9.59 Å². The van der Waals surface area contributed by atoms with E-state index in [0.717, 1.165) is 22.6 Å². The van der Waals surface area contributed by atoms with E-state index in [1.807, 2.05) is 77.5 Å². The molecule has 4 aromatic rings. The van der Waals surface area contributed by atoms with Gasteiger partial charge in [-0.25, -0.2) is 4.98 Å².